The summed E-state index contributed by atoms with van der Waals surface area (Å²) >= 11 is 0. The number of anilines is 1. The van der Waals surface area contributed by atoms with E-state index in [4.69, 9.17) is 9.47 Å². The van der Waals surface area contributed by atoms with Gasteiger partial charge in [0.15, 0.2) is 5.79 Å². The summed E-state index contributed by atoms with van der Waals surface area (Å²) in [5.41, 5.74) is 2.63. The Hall–Kier alpha value is -2.51. The predicted octanol–water partition coefficient (Wildman–Crippen LogP) is 2.06. The number of nitrogens with one attached hydrogen (secondary N) is 1. The van der Waals surface area contributed by atoms with Crippen molar-refractivity contribution in [2.45, 2.75) is 32.1 Å². The summed E-state index contributed by atoms with van der Waals surface area (Å²) < 4.78 is 11.5. The topological polar surface area (TPSA) is 76.6 Å². The molecule has 142 valence electrons. The van der Waals surface area contributed by atoms with Crippen LogP contribution in [0.25, 0.3) is 0 Å². The first-order chi connectivity index (χ1) is 13.1. The van der Waals surface area contributed by atoms with Crippen LogP contribution in [0, 0.1) is 6.92 Å². The number of hydrogen-bond acceptors (Lipinski definition) is 6. The van der Waals surface area contributed by atoms with Gasteiger partial charge in [-0.15, -0.1) is 0 Å². The van der Waals surface area contributed by atoms with E-state index in [0.717, 1.165) is 31.5 Å². The number of aryl methyl sites for hydroxylation is 1. The van der Waals surface area contributed by atoms with Crippen LogP contribution in [0.1, 0.15) is 34.5 Å². The van der Waals surface area contributed by atoms with E-state index >= 15 is 0 Å². The normalized spacial score (nSPS) is 18.6. The largest absolute Gasteiger partial charge is 0.347 e. The van der Waals surface area contributed by atoms with Gasteiger partial charge in [-0.3, -0.25) is 4.79 Å². The van der Waals surface area contributed by atoms with Gasteiger partial charge in [-0.2, -0.15) is 0 Å². The van der Waals surface area contributed by atoms with Gasteiger partial charge in [-0.25, -0.2) is 9.97 Å². The van der Waals surface area contributed by atoms with Crippen molar-refractivity contribution in [3.8, 4) is 0 Å². The minimum atomic E-state index is -0.431. The molecule has 7 heteroatoms. The van der Waals surface area contributed by atoms with Crippen LogP contribution < -0.4 is 10.2 Å². The van der Waals surface area contributed by atoms with Gasteiger partial charge in [0.05, 0.1) is 13.2 Å². The van der Waals surface area contributed by atoms with Gasteiger partial charge >= 0.3 is 0 Å². The van der Waals surface area contributed by atoms with Crippen LogP contribution >= 0.6 is 0 Å². The van der Waals surface area contributed by atoms with E-state index in [2.05, 4.69) is 20.2 Å². The molecule has 2 aliphatic heterocycles. The number of carbonyl (C=O) groups is 1. The third-order valence-corrected chi connectivity index (χ3v) is 5.07. The number of hydrogen-bond donors (Lipinski definition) is 1. The lowest BCUT2D eigenvalue weighted by Gasteiger charge is -2.37. The van der Waals surface area contributed by atoms with Crippen LogP contribution in [0.5, 0.6) is 0 Å². The molecule has 0 atom stereocenters. The quantitative estimate of drug-likeness (QED) is 0.890. The van der Waals surface area contributed by atoms with E-state index in [1.54, 1.807) is 12.3 Å². The molecule has 2 saturated heterocycles. The summed E-state index contributed by atoms with van der Waals surface area (Å²) in [7, 11) is 0. The summed E-state index contributed by atoms with van der Waals surface area (Å²) in [6.07, 6.45) is 3.19. The molecule has 2 fully saturated rings. The highest BCUT2D eigenvalue weighted by atomic mass is 16.7. The molecule has 1 aromatic heterocycles. The number of aromatic nitrogens is 2. The molecule has 0 aliphatic carbocycles. The number of amides is 1. The molecule has 27 heavy (non-hydrogen) atoms. The number of piperidine rings is 1. The van der Waals surface area contributed by atoms with E-state index in [0.29, 0.717) is 31.4 Å². The molecule has 1 spiro atoms. The summed E-state index contributed by atoms with van der Waals surface area (Å²) in [6.45, 7) is 5.32. The summed E-state index contributed by atoms with van der Waals surface area (Å²) in [4.78, 5) is 23.3. The van der Waals surface area contributed by atoms with E-state index in [9.17, 15) is 4.79 Å². The zero-order valence-corrected chi connectivity index (χ0v) is 15.5. The minimum absolute atomic E-state index is 0.199. The van der Waals surface area contributed by atoms with Gasteiger partial charge in [0.25, 0.3) is 5.91 Å². The van der Waals surface area contributed by atoms with Gasteiger partial charge in [0, 0.05) is 38.7 Å². The fourth-order valence-electron chi connectivity index (χ4n) is 3.44. The zero-order chi connectivity index (χ0) is 18.7. The number of rotatable bonds is 4. The Morgan fingerprint density at radius 1 is 1.15 bits per heavy atom. The molecule has 1 amide bonds. The van der Waals surface area contributed by atoms with Crippen LogP contribution in [-0.4, -0.2) is 48.0 Å². The van der Waals surface area contributed by atoms with Crippen molar-refractivity contribution in [1.29, 1.82) is 0 Å². The van der Waals surface area contributed by atoms with Crippen molar-refractivity contribution in [1.82, 2.24) is 15.3 Å². The average Bonchev–Trinajstić information content (AvgIpc) is 3.16. The average molecular weight is 368 g/mol. The standard InChI is InChI=1S/C20H24N4O3/c1-15-2-4-16(5-3-15)14-22-18(25)17-6-9-21-19(23-17)24-10-7-20(8-11-24)26-12-13-27-20/h2-6,9H,7-8,10-14H2,1H3,(H,22,25). The Morgan fingerprint density at radius 2 is 1.85 bits per heavy atom. The molecule has 4 rings (SSSR count). The molecular formula is C20H24N4O3. The van der Waals surface area contributed by atoms with Crippen LogP contribution in [0.15, 0.2) is 36.5 Å². The lowest BCUT2D eigenvalue weighted by Crippen LogP contribution is -2.45. The first kappa shape index (κ1) is 17.9. The third kappa shape index (κ3) is 4.09. The molecular weight excluding hydrogens is 344 g/mol. The van der Waals surface area contributed by atoms with Gasteiger partial charge in [0.2, 0.25) is 5.95 Å². The Labute approximate surface area is 158 Å². The second-order valence-corrected chi connectivity index (χ2v) is 7.00. The smallest absolute Gasteiger partial charge is 0.270 e. The fourth-order valence-corrected chi connectivity index (χ4v) is 3.44. The van der Waals surface area contributed by atoms with E-state index in [1.807, 2.05) is 31.2 Å². The second-order valence-electron chi connectivity index (χ2n) is 7.00. The summed E-state index contributed by atoms with van der Waals surface area (Å²) in [5, 5.41) is 2.92. The zero-order valence-electron chi connectivity index (χ0n) is 15.5. The van der Waals surface area contributed by atoms with Crippen LogP contribution in [0.3, 0.4) is 0 Å². The molecule has 0 saturated carbocycles. The molecule has 1 N–H and O–H groups in total. The number of carbonyl (C=O) groups excluding carboxylic acids is 1. The van der Waals surface area contributed by atoms with Crippen LogP contribution in [0.2, 0.25) is 0 Å². The molecule has 7 nitrogen and oxygen atoms in total. The highest BCUT2D eigenvalue weighted by Crippen LogP contribution is 2.32. The summed E-state index contributed by atoms with van der Waals surface area (Å²) in [5.74, 6) is -0.0551. The van der Waals surface area contributed by atoms with Crippen molar-refractivity contribution in [3.05, 3.63) is 53.3 Å². The highest BCUT2D eigenvalue weighted by molar-refractivity contribution is 5.92. The third-order valence-electron chi connectivity index (χ3n) is 5.07. The maximum Gasteiger partial charge on any atom is 0.270 e. The second kappa shape index (κ2) is 7.62. The van der Waals surface area contributed by atoms with Crippen molar-refractivity contribution >= 4 is 11.9 Å². The first-order valence-electron chi connectivity index (χ1n) is 9.33. The lowest BCUT2D eigenvalue weighted by molar-refractivity contribution is -0.169. The number of benzene rings is 1. The Morgan fingerprint density at radius 3 is 2.56 bits per heavy atom. The maximum atomic E-state index is 12.5. The van der Waals surface area contributed by atoms with Crippen molar-refractivity contribution in [3.63, 3.8) is 0 Å². The summed E-state index contributed by atoms with van der Waals surface area (Å²) in [6, 6.07) is 9.73. The Kier molecular flexibility index (Phi) is 5.05. The monoisotopic (exact) mass is 368 g/mol. The molecule has 3 heterocycles. The van der Waals surface area contributed by atoms with Crippen LogP contribution in [0.4, 0.5) is 5.95 Å². The highest BCUT2D eigenvalue weighted by Gasteiger charge is 2.40. The van der Waals surface area contributed by atoms with Crippen molar-refractivity contribution in [2.24, 2.45) is 0 Å². The minimum Gasteiger partial charge on any atom is -0.347 e. The lowest BCUT2D eigenvalue weighted by atomic mass is 10.0. The molecule has 0 bridgehead atoms. The fraction of sp³-hybridized carbons (Fsp3) is 0.450. The van der Waals surface area contributed by atoms with Gasteiger partial charge < -0.3 is 19.7 Å². The number of nitrogens with zero attached hydrogens (tertiary/aromatic N) is 3. The van der Waals surface area contributed by atoms with E-state index < -0.39 is 5.79 Å². The van der Waals surface area contributed by atoms with Gasteiger partial charge in [-0.05, 0) is 18.6 Å². The predicted molar refractivity (Wildman–Crippen MR) is 100 cm³/mol. The maximum absolute atomic E-state index is 12.5. The van der Waals surface area contributed by atoms with E-state index in [-0.39, 0.29) is 5.91 Å². The molecule has 0 unspecified atom stereocenters. The SMILES string of the molecule is Cc1ccc(CNC(=O)c2ccnc(N3CCC4(CC3)OCCO4)n2)cc1. The van der Waals surface area contributed by atoms with E-state index in [1.165, 1.54) is 5.56 Å². The Balaban J connectivity index is 1.37. The molecule has 0 radical (unpaired) electrons. The molecule has 1 aromatic carbocycles. The Bertz CT molecular complexity index is 793. The molecule has 2 aromatic rings. The van der Waals surface area contributed by atoms with Crippen molar-refractivity contribution in [2.75, 3.05) is 31.2 Å². The van der Waals surface area contributed by atoms with Crippen LogP contribution in [-0.2, 0) is 16.0 Å². The van der Waals surface area contributed by atoms with Gasteiger partial charge in [-0.1, -0.05) is 29.8 Å². The number of ether oxygens (including phenoxy) is 2. The van der Waals surface area contributed by atoms with Gasteiger partial charge in [0.1, 0.15) is 5.69 Å². The first-order valence-corrected chi connectivity index (χ1v) is 9.33. The van der Waals surface area contributed by atoms with Crippen molar-refractivity contribution < 1.29 is 14.3 Å². The molecule has 2 aliphatic rings.